The van der Waals surface area contributed by atoms with Crippen molar-refractivity contribution in [2.24, 2.45) is 0 Å². The average molecular weight is 496 g/mol. The van der Waals surface area contributed by atoms with Gasteiger partial charge in [-0.2, -0.15) is 4.31 Å². The summed E-state index contributed by atoms with van der Waals surface area (Å²) in [4.78, 5) is 14.1. The van der Waals surface area contributed by atoms with E-state index in [1.54, 1.807) is 0 Å². The van der Waals surface area contributed by atoms with E-state index in [0.29, 0.717) is 10.0 Å². The van der Waals surface area contributed by atoms with Gasteiger partial charge in [-0.05, 0) is 46.3 Å². The highest BCUT2D eigenvalue weighted by molar-refractivity contribution is 9.10. The number of sulfonamides is 1. The van der Waals surface area contributed by atoms with Gasteiger partial charge in [0.1, 0.15) is 10.7 Å². The standard InChI is InChI=1S/C17H14BrCl2FN2O3S/c18-13-10-11(21)4-5-12(13)17(24)22-6-8-23(9-7-22)27(25,26)15-3-1-2-14(19)16(15)20/h1-5,10H,6-9H2. The van der Waals surface area contributed by atoms with Crippen molar-refractivity contribution in [2.45, 2.75) is 4.90 Å². The summed E-state index contributed by atoms with van der Waals surface area (Å²) in [6.07, 6.45) is 0. The van der Waals surface area contributed by atoms with E-state index in [2.05, 4.69) is 15.9 Å². The van der Waals surface area contributed by atoms with Crippen LogP contribution in [0.25, 0.3) is 0 Å². The van der Waals surface area contributed by atoms with Crippen molar-refractivity contribution >= 4 is 55.1 Å². The molecule has 5 nitrogen and oxygen atoms in total. The molecule has 0 aliphatic carbocycles. The number of hydrogen-bond acceptors (Lipinski definition) is 3. The number of piperazine rings is 1. The summed E-state index contributed by atoms with van der Waals surface area (Å²) in [7, 11) is -3.82. The largest absolute Gasteiger partial charge is 0.336 e. The summed E-state index contributed by atoms with van der Waals surface area (Å²) < 4.78 is 40.5. The van der Waals surface area contributed by atoms with Gasteiger partial charge in [0.05, 0.1) is 15.6 Å². The van der Waals surface area contributed by atoms with E-state index < -0.39 is 15.8 Å². The van der Waals surface area contributed by atoms with E-state index in [1.807, 2.05) is 0 Å². The van der Waals surface area contributed by atoms with Crippen LogP contribution in [0.15, 0.2) is 45.8 Å². The molecular formula is C17H14BrCl2FN2O3S. The third-order valence-corrected chi connectivity index (χ3v) is 7.75. The molecule has 10 heteroatoms. The van der Waals surface area contributed by atoms with Crippen LogP contribution in [0.2, 0.25) is 10.0 Å². The summed E-state index contributed by atoms with van der Waals surface area (Å²) >= 11 is 15.1. The fourth-order valence-corrected chi connectivity index (χ4v) is 5.47. The van der Waals surface area contributed by atoms with E-state index >= 15 is 0 Å². The van der Waals surface area contributed by atoms with Crippen molar-refractivity contribution in [3.63, 3.8) is 0 Å². The van der Waals surface area contributed by atoms with Crippen molar-refractivity contribution in [3.05, 3.63) is 62.3 Å². The molecule has 1 fully saturated rings. The van der Waals surface area contributed by atoms with Crippen LogP contribution in [0.5, 0.6) is 0 Å². The molecule has 3 rings (SSSR count). The van der Waals surface area contributed by atoms with Gasteiger partial charge in [-0.15, -0.1) is 0 Å². The van der Waals surface area contributed by atoms with Gasteiger partial charge in [0.25, 0.3) is 5.91 Å². The molecule has 144 valence electrons. The number of rotatable bonds is 3. The first-order chi connectivity index (χ1) is 12.7. The second kappa shape index (κ2) is 8.05. The zero-order valence-electron chi connectivity index (χ0n) is 13.8. The van der Waals surface area contributed by atoms with Crippen LogP contribution >= 0.6 is 39.1 Å². The molecule has 1 saturated heterocycles. The van der Waals surface area contributed by atoms with Crippen molar-refractivity contribution in [2.75, 3.05) is 26.2 Å². The second-order valence-electron chi connectivity index (χ2n) is 5.87. The van der Waals surface area contributed by atoms with Crippen LogP contribution in [0.1, 0.15) is 10.4 Å². The van der Waals surface area contributed by atoms with Gasteiger partial charge >= 0.3 is 0 Å². The molecule has 0 atom stereocenters. The Hall–Kier alpha value is -1.19. The third kappa shape index (κ3) is 4.14. The predicted molar refractivity (Wildman–Crippen MR) is 105 cm³/mol. The molecule has 0 bridgehead atoms. The highest BCUT2D eigenvalue weighted by Crippen LogP contribution is 2.31. The van der Waals surface area contributed by atoms with Gasteiger partial charge in [-0.3, -0.25) is 4.79 Å². The Labute approximate surface area is 174 Å². The lowest BCUT2D eigenvalue weighted by molar-refractivity contribution is 0.0697. The minimum absolute atomic E-state index is 0.0204. The van der Waals surface area contributed by atoms with E-state index in [1.165, 1.54) is 45.6 Å². The molecule has 0 unspecified atom stereocenters. The third-order valence-electron chi connectivity index (χ3n) is 4.22. The molecule has 0 spiro atoms. The van der Waals surface area contributed by atoms with Crippen LogP contribution in [0.3, 0.4) is 0 Å². The molecule has 2 aromatic carbocycles. The molecule has 1 aliphatic heterocycles. The van der Waals surface area contributed by atoms with E-state index in [0.717, 1.165) is 0 Å². The maximum Gasteiger partial charge on any atom is 0.255 e. The lowest BCUT2D eigenvalue weighted by Crippen LogP contribution is -2.50. The van der Waals surface area contributed by atoms with Gasteiger partial charge in [0.15, 0.2) is 0 Å². The first kappa shape index (κ1) is 20.5. The summed E-state index contributed by atoms with van der Waals surface area (Å²) in [6.45, 7) is 0.658. The molecule has 0 aromatic heterocycles. The second-order valence-corrected chi connectivity index (χ2v) is 9.42. The van der Waals surface area contributed by atoms with Crippen LogP contribution in [0.4, 0.5) is 4.39 Å². The molecular weight excluding hydrogens is 482 g/mol. The zero-order chi connectivity index (χ0) is 19.8. The summed E-state index contributed by atoms with van der Waals surface area (Å²) in [6, 6.07) is 8.26. The summed E-state index contributed by atoms with van der Waals surface area (Å²) in [5, 5.41) is 0.139. The van der Waals surface area contributed by atoms with E-state index in [4.69, 9.17) is 23.2 Å². The minimum Gasteiger partial charge on any atom is -0.336 e. The molecule has 0 radical (unpaired) electrons. The molecule has 0 saturated carbocycles. The van der Waals surface area contributed by atoms with Gasteiger partial charge in [-0.1, -0.05) is 29.3 Å². The normalized spacial score (nSPS) is 15.8. The quantitative estimate of drug-likeness (QED) is 0.645. The van der Waals surface area contributed by atoms with Crippen molar-refractivity contribution in [1.29, 1.82) is 0 Å². The molecule has 27 heavy (non-hydrogen) atoms. The van der Waals surface area contributed by atoms with Crippen LogP contribution < -0.4 is 0 Å². The number of nitrogens with zero attached hydrogens (tertiary/aromatic N) is 2. The number of benzene rings is 2. The predicted octanol–water partition coefficient (Wildman–Crippen LogP) is 4.04. The molecule has 1 heterocycles. The topological polar surface area (TPSA) is 57.7 Å². The van der Waals surface area contributed by atoms with Gasteiger partial charge in [0.2, 0.25) is 10.0 Å². The summed E-state index contributed by atoms with van der Waals surface area (Å²) in [5.41, 5.74) is 0.325. The zero-order valence-corrected chi connectivity index (χ0v) is 17.7. The monoisotopic (exact) mass is 494 g/mol. The summed E-state index contributed by atoms with van der Waals surface area (Å²) in [5.74, 6) is -0.743. The highest BCUT2D eigenvalue weighted by Gasteiger charge is 2.32. The van der Waals surface area contributed by atoms with Crippen molar-refractivity contribution in [1.82, 2.24) is 9.21 Å². The minimum atomic E-state index is -3.82. The average Bonchev–Trinajstić information content (AvgIpc) is 2.63. The van der Waals surface area contributed by atoms with Crippen molar-refractivity contribution in [3.8, 4) is 0 Å². The maximum absolute atomic E-state index is 13.2. The lowest BCUT2D eigenvalue weighted by atomic mass is 10.2. The van der Waals surface area contributed by atoms with E-state index in [9.17, 15) is 17.6 Å². The smallest absolute Gasteiger partial charge is 0.255 e. The Morgan fingerprint density at radius 2 is 1.74 bits per heavy atom. The Balaban J connectivity index is 1.75. The molecule has 1 amide bonds. The Bertz CT molecular complexity index is 996. The number of hydrogen-bond donors (Lipinski definition) is 0. The number of carbonyl (C=O) groups is 1. The molecule has 0 N–H and O–H groups in total. The maximum atomic E-state index is 13.2. The lowest BCUT2D eigenvalue weighted by Gasteiger charge is -2.34. The first-order valence-corrected chi connectivity index (χ1v) is 10.9. The fourth-order valence-electron chi connectivity index (χ4n) is 2.79. The Morgan fingerprint density at radius 1 is 1.07 bits per heavy atom. The first-order valence-electron chi connectivity index (χ1n) is 7.90. The van der Waals surface area contributed by atoms with Crippen LogP contribution in [-0.4, -0.2) is 49.7 Å². The number of amides is 1. The van der Waals surface area contributed by atoms with Crippen molar-refractivity contribution < 1.29 is 17.6 Å². The van der Waals surface area contributed by atoms with Crippen LogP contribution in [-0.2, 0) is 10.0 Å². The van der Waals surface area contributed by atoms with E-state index in [-0.39, 0.29) is 47.0 Å². The Morgan fingerprint density at radius 3 is 2.37 bits per heavy atom. The molecule has 1 aliphatic rings. The number of carbonyl (C=O) groups excluding carboxylic acids is 1. The fraction of sp³-hybridized carbons (Fsp3) is 0.235. The highest BCUT2D eigenvalue weighted by atomic mass is 79.9. The molecule has 2 aromatic rings. The van der Waals surface area contributed by atoms with Gasteiger partial charge < -0.3 is 4.90 Å². The van der Waals surface area contributed by atoms with Crippen LogP contribution in [0, 0.1) is 5.82 Å². The number of halogens is 4. The van der Waals surface area contributed by atoms with Gasteiger partial charge in [-0.25, -0.2) is 12.8 Å². The SMILES string of the molecule is O=C(c1ccc(F)cc1Br)N1CCN(S(=O)(=O)c2cccc(Cl)c2Cl)CC1. The Kier molecular flexibility index (Phi) is 6.12. The van der Waals surface area contributed by atoms with Gasteiger partial charge in [0, 0.05) is 30.7 Å².